The minimum Gasteiger partial charge on any atom is -0.0850 e. The molecule has 2 atom stereocenters. The smallest absolute Gasteiger partial charge is 0.0203 e. The summed E-state index contributed by atoms with van der Waals surface area (Å²) in [6.45, 7) is 2.42. The summed E-state index contributed by atoms with van der Waals surface area (Å²) in [4.78, 5) is 0. The lowest BCUT2D eigenvalue weighted by Crippen LogP contribution is -2.01. The zero-order valence-corrected chi connectivity index (χ0v) is 8.89. The van der Waals surface area contributed by atoms with E-state index in [4.69, 9.17) is 0 Å². The van der Waals surface area contributed by atoms with Crippen molar-refractivity contribution in [2.45, 2.75) is 58.3 Å². The van der Waals surface area contributed by atoms with Gasteiger partial charge >= 0.3 is 0 Å². The van der Waals surface area contributed by atoms with Gasteiger partial charge in [0.05, 0.1) is 0 Å². The molecule has 0 spiro atoms. The van der Waals surface area contributed by atoms with Gasteiger partial charge in [-0.1, -0.05) is 37.8 Å². The van der Waals surface area contributed by atoms with Crippen LogP contribution in [0.15, 0.2) is 11.6 Å². The van der Waals surface area contributed by atoms with Gasteiger partial charge in [-0.15, -0.1) is 0 Å². The molecule has 1 saturated carbocycles. The Morgan fingerprint density at radius 1 is 1.08 bits per heavy atom. The van der Waals surface area contributed by atoms with E-state index in [-0.39, 0.29) is 0 Å². The second-order valence-electron chi connectivity index (χ2n) is 4.98. The van der Waals surface area contributed by atoms with Gasteiger partial charge in [-0.2, -0.15) is 0 Å². The van der Waals surface area contributed by atoms with Crippen LogP contribution in [-0.2, 0) is 0 Å². The van der Waals surface area contributed by atoms with Crippen molar-refractivity contribution >= 4 is 0 Å². The van der Waals surface area contributed by atoms with E-state index in [0.717, 1.165) is 11.8 Å². The Hall–Kier alpha value is -0.260. The summed E-state index contributed by atoms with van der Waals surface area (Å²) < 4.78 is 0. The summed E-state index contributed by atoms with van der Waals surface area (Å²) in [7, 11) is 0. The molecule has 0 amide bonds. The van der Waals surface area contributed by atoms with Crippen molar-refractivity contribution in [2.24, 2.45) is 11.8 Å². The van der Waals surface area contributed by atoms with Gasteiger partial charge in [-0.3, -0.25) is 0 Å². The van der Waals surface area contributed by atoms with Gasteiger partial charge in [-0.05, 0) is 43.9 Å². The van der Waals surface area contributed by atoms with Gasteiger partial charge in [-0.25, -0.2) is 0 Å². The fourth-order valence-corrected chi connectivity index (χ4v) is 2.92. The van der Waals surface area contributed by atoms with E-state index < -0.39 is 0 Å². The van der Waals surface area contributed by atoms with E-state index in [1.807, 2.05) is 5.57 Å². The van der Waals surface area contributed by atoms with Crippen molar-refractivity contribution < 1.29 is 0 Å². The van der Waals surface area contributed by atoms with Crippen LogP contribution in [0.1, 0.15) is 58.3 Å². The zero-order chi connectivity index (χ0) is 9.10. The second-order valence-corrected chi connectivity index (χ2v) is 4.98. The highest BCUT2D eigenvalue weighted by molar-refractivity contribution is 5.11. The largest absolute Gasteiger partial charge is 0.0850 e. The molecule has 1 fully saturated rings. The maximum atomic E-state index is 2.53. The Bertz CT molecular complexity index is 190. The number of hydrogen-bond acceptors (Lipinski definition) is 0. The molecule has 0 N–H and O–H groups in total. The van der Waals surface area contributed by atoms with Gasteiger partial charge in [0.1, 0.15) is 0 Å². The molecule has 0 radical (unpaired) electrons. The van der Waals surface area contributed by atoms with Crippen LogP contribution in [0, 0.1) is 11.8 Å². The summed E-state index contributed by atoms with van der Waals surface area (Å²) >= 11 is 0. The molecule has 0 heteroatoms. The summed E-state index contributed by atoms with van der Waals surface area (Å²) in [6, 6.07) is 0. The lowest BCUT2D eigenvalue weighted by molar-refractivity contribution is 0.483. The molecule has 0 aliphatic heterocycles. The first kappa shape index (κ1) is 9.30. The second kappa shape index (κ2) is 4.30. The third-order valence-corrected chi connectivity index (χ3v) is 3.86. The summed E-state index contributed by atoms with van der Waals surface area (Å²) in [5, 5.41) is 0. The Balaban J connectivity index is 1.91. The number of allylic oxidation sites excluding steroid dienone is 2. The van der Waals surface area contributed by atoms with Crippen LogP contribution in [0.4, 0.5) is 0 Å². The van der Waals surface area contributed by atoms with E-state index in [2.05, 4.69) is 13.0 Å². The molecule has 2 unspecified atom stereocenters. The molecule has 0 nitrogen and oxygen atoms in total. The van der Waals surface area contributed by atoms with Crippen molar-refractivity contribution in [3.63, 3.8) is 0 Å². The van der Waals surface area contributed by atoms with Crippen LogP contribution in [0.25, 0.3) is 0 Å². The molecule has 2 aliphatic carbocycles. The number of hydrogen-bond donors (Lipinski definition) is 0. The first-order valence-corrected chi connectivity index (χ1v) is 6.05. The average molecular weight is 178 g/mol. The lowest BCUT2D eigenvalue weighted by Gasteiger charge is -2.15. The molecule has 0 aromatic heterocycles. The Kier molecular flexibility index (Phi) is 3.08. The van der Waals surface area contributed by atoms with E-state index >= 15 is 0 Å². The molecule has 0 heterocycles. The summed E-state index contributed by atoms with van der Waals surface area (Å²) in [6.07, 6.45) is 14.1. The lowest BCUT2D eigenvalue weighted by atomic mass is 9.91. The van der Waals surface area contributed by atoms with Crippen molar-refractivity contribution in [2.75, 3.05) is 0 Å². The predicted octanol–water partition coefficient (Wildman–Crippen LogP) is 4.31. The molecule has 0 aromatic rings. The number of rotatable bonds is 1. The topological polar surface area (TPSA) is 0 Å². The van der Waals surface area contributed by atoms with Gasteiger partial charge in [0.2, 0.25) is 0 Å². The van der Waals surface area contributed by atoms with Crippen LogP contribution in [0.3, 0.4) is 0 Å². The molecule has 2 aliphatic rings. The van der Waals surface area contributed by atoms with Gasteiger partial charge < -0.3 is 0 Å². The first-order chi connectivity index (χ1) is 6.36. The average Bonchev–Trinajstić information content (AvgIpc) is 2.56. The van der Waals surface area contributed by atoms with Crippen LogP contribution in [0.2, 0.25) is 0 Å². The fourth-order valence-electron chi connectivity index (χ4n) is 2.92. The van der Waals surface area contributed by atoms with Gasteiger partial charge in [0, 0.05) is 0 Å². The normalized spacial score (nSPS) is 35.6. The quantitative estimate of drug-likeness (QED) is 0.414. The highest BCUT2D eigenvalue weighted by atomic mass is 14.3. The van der Waals surface area contributed by atoms with Crippen molar-refractivity contribution in [3.05, 3.63) is 11.6 Å². The molecule has 0 aromatic carbocycles. The van der Waals surface area contributed by atoms with E-state index in [1.165, 1.54) is 51.4 Å². The SMILES string of the molecule is CC1CCCC(C2=CCCC2)CC1. The minimum absolute atomic E-state index is 0.979. The van der Waals surface area contributed by atoms with Crippen LogP contribution in [-0.4, -0.2) is 0 Å². The van der Waals surface area contributed by atoms with Crippen LogP contribution in [0.5, 0.6) is 0 Å². The van der Waals surface area contributed by atoms with Gasteiger partial charge in [0.15, 0.2) is 0 Å². The molecule has 74 valence electrons. The zero-order valence-electron chi connectivity index (χ0n) is 8.89. The Labute approximate surface area is 82.4 Å². The summed E-state index contributed by atoms with van der Waals surface area (Å²) in [5.41, 5.74) is 1.81. The molecule has 2 rings (SSSR count). The highest BCUT2D eigenvalue weighted by Crippen LogP contribution is 2.35. The van der Waals surface area contributed by atoms with Crippen molar-refractivity contribution in [1.82, 2.24) is 0 Å². The van der Waals surface area contributed by atoms with Crippen LogP contribution < -0.4 is 0 Å². The third kappa shape index (κ3) is 2.36. The highest BCUT2D eigenvalue weighted by Gasteiger charge is 2.20. The van der Waals surface area contributed by atoms with E-state index in [1.54, 1.807) is 0 Å². The molecule has 13 heavy (non-hydrogen) atoms. The molecule has 0 bridgehead atoms. The summed E-state index contributed by atoms with van der Waals surface area (Å²) in [5.74, 6) is 1.97. The first-order valence-electron chi connectivity index (χ1n) is 6.05. The predicted molar refractivity (Wildman–Crippen MR) is 57.7 cm³/mol. The monoisotopic (exact) mass is 178 g/mol. The minimum atomic E-state index is 0.979. The van der Waals surface area contributed by atoms with E-state index in [9.17, 15) is 0 Å². The van der Waals surface area contributed by atoms with Crippen LogP contribution >= 0.6 is 0 Å². The molecule has 0 saturated heterocycles. The maximum Gasteiger partial charge on any atom is -0.0203 e. The maximum absolute atomic E-state index is 2.53. The fraction of sp³-hybridized carbons (Fsp3) is 0.846. The van der Waals surface area contributed by atoms with Crippen molar-refractivity contribution in [3.8, 4) is 0 Å². The Morgan fingerprint density at radius 2 is 2.00 bits per heavy atom. The molecular weight excluding hydrogens is 156 g/mol. The van der Waals surface area contributed by atoms with Crippen molar-refractivity contribution in [1.29, 1.82) is 0 Å². The third-order valence-electron chi connectivity index (χ3n) is 3.86. The van der Waals surface area contributed by atoms with Gasteiger partial charge in [0.25, 0.3) is 0 Å². The van der Waals surface area contributed by atoms with E-state index in [0.29, 0.717) is 0 Å². The standard InChI is InChI=1S/C13H22/c1-11-5-4-8-13(10-9-11)12-6-2-3-7-12/h6,11,13H,2-5,7-10H2,1H3. The molecular formula is C13H22. The Morgan fingerprint density at radius 3 is 2.77 bits per heavy atom.